The molecule has 1 rings (SSSR count). The van der Waals surface area contributed by atoms with Crippen LogP contribution < -0.4 is 5.73 Å². The topological polar surface area (TPSA) is 72.5 Å². The maximum absolute atomic E-state index is 10.5. The van der Waals surface area contributed by atoms with Gasteiger partial charge >= 0.3 is 5.97 Å². The molecule has 0 aliphatic carbocycles. The molecule has 13 heavy (non-hydrogen) atoms. The fraction of sp³-hybridized carbons (Fsp3) is 0.889. The first-order valence-corrected chi connectivity index (χ1v) is 4.51. The predicted octanol–water partition coefficient (Wildman–Crippen LogP) is 0.603. The molecule has 4 heteroatoms. The molecule has 0 saturated carbocycles. The van der Waals surface area contributed by atoms with Crippen molar-refractivity contribution in [1.29, 1.82) is 0 Å². The molecule has 3 N–H and O–H groups in total. The molecule has 2 unspecified atom stereocenters. The summed E-state index contributed by atoms with van der Waals surface area (Å²) < 4.78 is 5.45. The van der Waals surface area contributed by atoms with E-state index in [1.54, 1.807) is 0 Å². The fourth-order valence-corrected chi connectivity index (χ4v) is 1.61. The van der Waals surface area contributed by atoms with Gasteiger partial charge < -0.3 is 15.6 Å². The predicted molar refractivity (Wildman–Crippen MR) is 48.4 cm³/mol. The first kappa shape index (κ1) is 10.5. The van der Waals surface area contributed by atoms with Crippen LogP contribution in [0.25, 0.3) is 0 Å². The lowest BCUT2D eigenvalue weighted by molar-refractivity contribution is -0.139. The number of carbonyl (C=O) groups is 1. The highest BCUT2D eigenvalue weighted by atomic mass is 16.5. The van der Waals surface area contributed by atoms with Crippen molar-refractivity contribution in [2.75, 3.05) is 6.61 Å². The van der Waals surface area contributed by atoms with Crippen molar-refractivity contribution in [2.24, 2.45) is 11.1 Å². The van der Waals surface area contributed by atoms with Gasteiger partial charge in [-0.2, -0.15) is 0 Å². The van der Waals surface area contributed by atoms with Gasteiger partial charge in [0.1, 0.15) is 6.04 Å². The molecule has 0 amide bonds. The molecule has 1 fully saturated rings. The van der Waals surface area contributed by atoms with Crippen molar-refractivity contribution < 1.29 is 14.6 Å². The molecule has 1 aliphatic heterocycles. The number of ether oxygens (including phenoxy) is 1. The monoisotopic (exact) mass is 187 g/mol. The second-order valence-corrected chi connectivity index (χ2v) is 4.48. The standard InChI is InChI=1S/C9H17NO3/c1-9(2)4-6(13-5-9)3-7(10)8(11)12/h6-7H,3-5,10H2,1-2H3,(H,11,12). The first-order chi connectivity index (χ1) is 5.91. The van der Waals surface area contributed by atoms with Crippen LogP contribution in [0.15, 0.2) is 0 Å². The van der Waals surface area contributed by atoms with E-state index in [1.165, 1.54) is 0 Å². The molecule has 1 heterocycles. The second-order valence-electron chi connectivity index (χ2n) is 4.48. The Kier molecular flexibility index (Phi) is 2.93. The minimum atomic E-state index is -0.951. The van der Waals surface area contributed by atoms with E-state index in [9.17, 15) is 4.79 Å². The normalized spacial score (nSPS) is 28.7. The second kappa shape index (κ2) is 3.64. The van der Waals surface area contributed by atoms with Crippen molar-refractivity contribution in [3.05, 3.63) is 0 Å². The molecule has 2 atom stereocenters. The smallest absolute Gasteiger partial charge is 0.320 e. The summed E-state index contributed by atoms with van der Waals surface area (Å²) in [6.07, 6.45) is 1.33. The zero-order valence-electron chi connectivity index (χ0n) is 8.12. The Hall–Kier alpha value is -0.610. The van der Waals surface area contributed by atoms with Crippen LogP contribution in [-0.2, 0) is 9.53 Å². The van der Waals surface area contributed by atoms with E-state index >= 15 is 0 Å². The average molecular weight is 187 g/mol. The van der Waals surface area contributed by atoms with Gasteiger partial charge in [-0.05, 0) is 18.3 Å². The third-order valence-electron chi connectivity index (χ3n) is 2.32. The summed E-state index contributed by atoms with van der Waals surface area (Å²) in [6, 6.07) is -0.793. The number of hydrogen-bond donors (Lipinski definition) is 2. The van der Waals surface area contributed by atoms with Crippen LogP contribution in [0.4, 0.5) is 0 Å². The van der Waals surface area contributed by atoms with Gasteiger partial charge in [-0.1, -0.05) is 13.8 Å². The summed E-state index contributed by atoms with van der Waals surface area (Å²) in [4.78, 5) is 10.5. The van der Waals surface area contributed by atoms with Crippen LogP contribution in [0, 0.1) is 5.41 Å². The molecule has 4 nitrogen and oxygen atoms in total. The highest BCUT2D eigenvalue weighted by Gasteiger charge is 2.33. The molecular weight excluding hydrogens is 170 g/mol. The van der Waals surface area contributed by atoms with Crippen LogP contribution in [0.3, 0.4) is 0 Å². The van der Waals surface area contributed by atoms with E-state index in [0.29, 0.717) is 13.0 Å². The number of aliphatic carboxylic acids is 1. The maximum Gasteiger partial charge on any atom is 0.320 e. The quantitative estimate of drug-likeness (QED) is 0.678. The molecule has 1 aliphatic rings. The molecule has 0 aromatic heterocycles. The molecule has 0 radical (unpaired) electrons. The first-order valence-electron chi connectivity index (χ1n) is 4.51. The lowest BCUT2D eigenvalue weighted by atomic mass is 9.89. The van der Waals surface area contributed by atoms with Crippen LogP contribution in [0.2, 0.25) is 0 Å². The lowest BCUT2D eigenvalue weighted by Gasteiger charge is -2.15. The van der Waals surface area contributed by atoms with Gasteiger partial charge in [0.25, 0.3) is 0 Å². The summed E-state index contributed by atoms with van der Waals surface area (Å²) >= 11 is 0. The van der Waals surface area contributed by atoms with Gasteiger partial charge in [-0.25, -0.2) is 0 Å². The fourth-order valence-electron chi connectivity index (χ4n) is 1.61. The Morgan fingerprint density at radius 3 is 2.77 bits per heavy atom. The summed E-state index contributed by atoms with van der Waals surface area (Å²) in [6.45, 7) is 4.92. The molecule has 0 aromatic carbocycles. The Morgan fingerprint density at radius 2 is 2.38 bits per heavy atom. The van der Waals surface area contributed by atoms with Crippen molar-refractivity contribution in [1.82, 2.24) is 0 Å². The molecule has 0 spiro atoms. The summed E-state index contributed by atoms with van der Waals surface area (Å²) in [5.41, 5.74) is 5.57. The van der Waals surface area contributed by atoms with E-state index < -0.39 is 12.0 Å². The lowest BCUT2D eigenvalue weighted by Crippen LogP contribution is -2.33. The number of hydrogen-bond acceptors (Lipinski definition) is 3. The Balaban J connectivity index is 2.36. The van der Waals surface area contributed by atoms with Crippen molar-refractivity contribution >= 4 is 5.97 Å². The van der Waals surface area contributed by atoms with Gasteiger partial charge in [-0.3, -0.25) is 4.79 Å². The highest BCUT2D eigenvalue weighted by Crippen LogP contribution is 2.32. The summed E-state index contributed by atoms with van der Waals surface area (Å²) in [5.74, 6) is -0.951. The largest absolute Gasteiger partial charge is 0.480 e. The molecule has 76 valence electrons. The Labute approximate surface area is 78.1 Å². The third-order valence-corrected chi connectivity index (χ3v) is 2.32. The van der Waals surface area contributed by atoms with E-state index in [0.717, 1.165) is 6.42 Å². The number of carboxylic acids is 1. The van der Waals surface area contributed by atoms with E-state index in [4.69, 9.17) is 15.6 Å². The minimum absolute atomic E-state index is 0.0149. The van der Waals surface area contributed by atoms with Gasteiger partial charge in [0.05, 0.1) is 12.7 Å². The van der Waals surface area contributed by atoms with E-state index in [1.807, 2.05) is 0 Å². The van der Waals surface area contributed by atoms with Gasteiger partial charge in [-0.15, -0.1) is 0 Å². The summed E-state index contributed by atoms with van der Waals surface area (Å²) in [5, 5.41) is 8.59. The molecule has 1 saturated heterocycles. The van der Waals surface area contributed by atoms with Crippen LogP contribution >= 0.6 is 0 Å². The van der Waals surface area contributed by atoms with E-state index in [-0.39, 0.29) is 11.5 Å². The molecule has 0 bridgehead atoms. The zero-order valence-corrected chi connectivity index (χ0v) is 8.12. The number of nitrogens with two attached hydrogens (primary N) is 1. The third kappa shape index (κ3) is 2.97. The van der Waals surface area contributed by atoms with Crippen molar-refractivity contribution in [3.63, 3.8) is 0 Å². The maximum atomic E-state index is 10.5. The minimum Gasteiger partial charge on any atom is -0.480 e. The van der Waals surface area contributed by atoms with Crippen LogP contribution in [0.1, 0.15) is 26.7 Å². The van der Waals surface area contributed by atoms with Crippen LogP contribution in [-0.4, -0.2) is 29.8 Å². The van der Waals surface area contributed by atoms with Crippen molar-refractivity contribution in [3.8, 4) is 0 Å². The molecular formula is C9H17NO3. The summed E-state index contributed by atoms with van der Waals surface area (Å²) in [7, 11) is 0. The SMILES string of the molecule is CC1(C)COC(CC(N)C(=O)O)C1. The Morgan fingerprint density at radius 1 is 1.77 bits per heavy atom. The van der Waals surface area contributed by atoms with E-state index in [2.05, 4.69) is 13.8 Å². The number of rotatable bonds is 3. The number of carboxylic acid groups (broad SMARTS) is 1. The molecule has 0 aromatic rings. The van der Waals surface area contributed by atoms with Gasteiger partial charge in [0.2, 0.25) is 0 Å². The average Bonchev–Trinajstić information content (AvgIpc) is 2.30. The van der Waals surface area contributed by atoms with Gasteiger partial charge in [0, 0.05) is 0 Å². The van der Waals surface area contributed by atoms with Crippen molar-refractivity contribution in [2.45, 2.75) is 38.8 Å². The van der Waals surface area contributed by atoms with Gasteiger partial charge in [0.15, 0.2) is 0 Å². The zero-order chi connectivity index (χ0) is 10.1. The van der Waals surface area contributed by atoms with Crippen LogP contribution in [0.5, 0.6) is 0 Å². The highest BCUT2D eigenvalue weighted by molar-refractivity contribution is 5.73. The Bertz CT molecular complexity index is 203.